The third kappa shape index (κ3) is 0.729. The molecule has 0 saturated carbocycles. The third-order valence-corrected chi connectivity index (χ3v) is 1.20. The lowest BCUT2D eigenvalue weighted by atomic mass is 10.8. The van der Waals surface area contributed by atoms with E-state index in [9.17, 15) is 0 Å². The molecule has 2 fully saturated rings. The van der Waals surface area contributed by atoms with Gasteiger partial charge in [0.25, 0.3) is 0 Å². The van der Waals surface area contributed by atoms with Crippen LogP contribution in [0, 0.1) is 0 Å². The number of hydrogen-bond acceptors (Lipinski definition) is 6. The van der Waals surface area contributed by atoms with Crippen LogP contribution in [-0.2, 0) is 18.9 Å². The van der Waals surface area contributed by atoms with E-state index in [2.05, 4.69) is 43.4 Å². The molecule has 0 N–H and O–H groups in total. The first kappa shape index (κ1) is 5.87. The Morgan fingerprint density at radius 2 is 1.00 bits per heavy atom. The maximum absolute atomic E-state index is 4.67. The van der Waals surface area contributed by atoms with Crippen LogP contribution >= 0.6 is 24.4 Å². The average Bonchev–Trinajstić information content (AvgIpc) is 1.74. The first-order valence-electron chi connectivity index (χ1n) is 2.29. The van der Waals surface area contributed by atoms with Crippen LogP contribution in [0.2, 0.25) is 0 Å². The Labute approximate surface area is 66.3 Å². The molecule has 0 aromatic carbocycles. The van der Waals surface area contributed by atoms with Gasteiger partial charge in [0.05, 0.1) is 0 Å². The van der Waals surface area contributed by atoms with Crippen molar-refractivity contribution in [2.45, 2.75) is 0 Å². The molecule has 0 unspecified atom stereocenters. The van der Waals surface area contributed by atoms with Crippen LogP contribution in [-0.4, -0.2) is 10.5 Å². The highest BCUT2D eigenvalue weighted by Crippen LogP contribution is 2.27. The summed E-state index contributed by atoms with van der Waals surface area (Å²) >= 11 is 8.92. The highest BCUT2D eigenvalue weighted by atomic mass is 32.1. The van der Waals surface area contributed by atoms with E-state index >= 15 is 0 Å². The van der Waals surface area contributed by atoms with Gasteiger partial charge in [-0.3, -0.25) is 0 Å². The fourth-order valence-corrected chi connectivity index (χ4v) is 0.787. The van der Waals surface area contributed by atoms with Gasteiger partial charge in [0.1, 0.15) is 0 Å². The second-order valence-electron chi connectivity index (χ2n) is 1.48. The quantitative estimate of drug-likeness (QED) is 0.507. The monoisotopic (exact) mass is 176 g/mol. The number of hydrogen-bond donors (Lipinski definition) is 0. The predicted molar refractivity (Wildman–Crippen MR) is 36.6 cm³/mol. The maximum atomic E-state index is 4.67. The van der Waals surface area contributed by atoms with Gasteiger partial charge in [0.15, 0.2) is 0 Å². The molecule has 0 atom stereocenters. The number of ether oxygens (including phenoxy) is 4. The zero-order valence-corrected chi connectivity index (χ0v) is 6.08. The summed E-state index contributed by atoms with van der Waals surface area (Å²) in [5.41, 5.74) is 0. The minimum atomic E-state index is 0.0625. The van der Waals surface area contributed by atoms with Gasteiger partial charge < -0.3 is 18.9 Å². The Morgan fingerprint density at radius 3 is 1.20 bits per heavy atom. The van der Waals surface area contributed by atoms with Gasteiger partial charge in [-0.25, -0.2) is 0 Å². The van der Waals surface area contributed by atoms with Crippen LogP contribution in [0.15, 0.2) is 11.9 Å². The highest BCUT2D eigenvalue weighted by Gasteiger charge is 2.35. The largest absolute Gasteiger partial charge is 0.382 e. The standard InChI is InChI=1S/C4O4S2/c9-3-5-1(6-3)2-7-4(10)8-2. The Kier molecular flexibility index (Phi) is 1.06. The maximum Gasteiger partial charge on any atom is 0.382 e. The van der Waals surface area contributed by atoms with E-state index in [1.54, 1.807) is 0 Å². The number of rotatable bonds is 0. The molecule has 0 aromatic heterocycles. The van der Waals surface area contributed by atoms with Crippen molar-refractivity contribution in [1.29, 1.82) is 0 Å². The molecular formula is C4O4S2. The summed E-state index contributed by atoms with van der Waals surface area (Å²) in [5.74, 6) is 0.275. The lowest BCUT2D eigenvalue weighted by Crippen LogP contribution is -2.30. The molecule has 0 amide bonds. The molecule has 6 heteroatoms. The van der Waals surface area contributed by atoms with Crippen LogP contribution in [0.1, 0.15) is 0 Å². The average molecular weight is 176 g/mol. The van der Waals surface area contributed by atoms with Crippen molar-refractivity contribution >= 4 is 34.9 Å². The first-order chi connectivity index (χ1) is 4.75. The zero-order valence-electron chi connectivity index (χ0n) is 4.45. The fourth-order valence-electron chi connectivity index (χ4n) is 0.485. The predicted octanol–water partition coefficient (Wildman–Crippen LogP) is 0.776. The van der Waals surface area contributed by atoms with Crippen molar-refractivity contribution in [1.82, 2.24) is 0 Å². The SMILES string of the molecule is S=C1OC(=C2OC(=S)O2)O1. The molecule has 2 aliphatic heterocycles. The molecule has 0 spiro atoms. The zero-order chi connectivity index (χ0) is 7.14. The van der Waals surface area contributed by atoms with Crippen LogP contribution in [0.3, 0.4) is 0 Å². The van der Waals surface area contributed by atoms with Gasteiger partial charge >= 0.3 is 22.4 Å². The summed E-state index contributed by atoms with van der Waals surface area (Å²) in [6.45, 7) is 0. The van der Waals surface area contributed by atoms with Crippen LogP contribution in [0.5, 0.6) is 0 Å². The summed E-state index contributed by atoms with van der Waals surface area (Å²) in [6, 6.07) is 0. The molecule has 10 heavy (non-hydrogen) atoms. The van der Waals surface area contributed by atoms with Crippen LogP contribution in [0.4, 0.5) is 0 Å². The van der Waals surface area contributed by atoms with Crippen LogP contribution < -0.4 is 0 Å². The molecular weight excluding hydrogens is 176 g/mol. The van der Waals surface area contributed by atoms with Crippen molar-refractivity contribution < 1.29 is 18.9 Å². The van der Waals surface area contributed by atoms with Gasteiger partial charge in [-0.2, -0.15) is 0 Å². The van der Waals surface area contributed by atoms with E-state index in [0.29, 0.717) is 0 Å². The van der Waals surface area contributed by atoms with E-state index in [1.165, 1.54) is 0 Å². The van der Waals surface area contributed by atoms with Crippen LogP contribution in [0.25, 0.3) is 0 Å². The highest BCUT2D eigenvalue weighted by molar-refractivity contribution is 7.80. The molecule has 2 heterocycles. The first-order valence-corrected chi connectivity index (χ1v) is 3.11. The summed E-state index contributed by atoms with van der Waals surface area (Å²) in [5, 5.41) is 0.125. The topological polar surface area (TPSA) is 36.9 Å². The molecule has 0 radical (unpaired) electrons. The molecule has 4 nitrogen and oxygen atoms in total. The molecule has 0 bridgehead atoms. The second kappa shape index (κ2) is 1.80. The van der Waals surface area contributed by atoms with Gasteiger partial charge in [-0.15, -0.1) is 0 Å². The molecule has 2 rings (SSSR count). The van der Waals surface area contributed by atoms with E-state index < -0.39 is 0 Å². The normalized spacial score (nSPS) is 21.2. The molecule has 2 saturated heterocycles. The van der Waals surface area contributed by atoms with Crippen molar-refractivity contribution in [3.05, 3.63) is 11.9 Å². The van der Waals surface area contributed by atoms with E-state index in [0.717, 1.165) is 0 Å². The third-order valence-electron chi connectivity index (χ3n) is 0.871. The minimum absolute atomic E-state index is 0.0625. The second-order valence-corrected chi connectivity index (χ2v) is 2.15. The van der Waals surface area contributed by atoms with Gasteiger partial charge in [0, 0.05) is 24.4 Å². The summed E-state index contributed by atoms with van der Waals surface area (Å²) in [4.78, 5) is 0. The van der Waals surface area contributed by atoms with Crippen molar-refractivity contribution in [3.63, 3.8) is 0 Å². The summed E-state index contributed by atoms with van der Waals surface area (Å²) in [6.07, 6.45) is 0. The van der Waals surface area contributed by atoms with Crippen molar-refractivity contribution in [3.8, 4) is 0 Å². The molecule has 0 aliphatic carbocycles. The lowest BCUT2D eigenvalue weighted by molar-refractivity contribution is -0.0235. The molecule has 0 aromatic rings. The Bertz CT molecular complexity index is 210. The lowest BCUT2D eigenvalue weighted by Gasteiger charge is -2.25. The van der Waals surface area contributed by atoms with Crippen molar-refractivity contribution in [2.75, 3.05) is 0 Å². The molecule has 2 aliphatic rings. The summed E-state index contributed by atoms with van der Waals surface area (Å²) < 4.78 is 18.7. The molecule has 52 valence electrons. The van der Waals surface area contributed by atoms with E-state index in [4.69, 9.17) is 0 Å². The van der Waals surface area contributed by atoms with E-state index in [1.807, 2.05) is 0 Å². The Hall–Kier alpha value is -0.880. The Balaban J connectivity index is 2.05. The van der Waals surface area contributed by atoms with Gasteiger partial charge in [-0.05, 0) is 0 Å². The minimum Gasteiger partial charge on any atom is -0.378 e. The van der Waals surface area contributed by atoms with Gasteiger partial charge in [0.2, 0.25) is 0 Å². The van der Waals surface area contributed by atoms with E-state index in [-0.39, 0.29) is 22.4 Å². The Morgan fingerprint density at radius 1 is 0.700 bits per heavy atom. The number of thiocarbonyl (C=S) groups is 2. The summed E-state index contributed by atoms with van der Waals surface area (Å²) in [7, 11) is 0. The van der Waals surface area contributed by atoms with Crippen molar-refractivity contribution in [2.24, 2.45) is 0 Å². The smallest absolute Gasteiger partial charge is 0.378 e. The van der Waals surface area contributed by atoms with Gasteiger partial charge in [-0.1, -0.05) is 0 Å². The fraction of sp³-hybridized carbons (Fsp3) is 0.